The second kappa shape index (κ2) is 10.2. The average molecular weight is 459 g/mol. The minimum absolute atomic E-state index is 0.0958. The second-order valence-corrected chi connectivity index (χ2v) is 9.35. The maximum absolute atomic E-state index is 12.5. The number of carbonyl (C=O) groups excluding carboxylic acids is 1. The van der Waals surface area contributed by atoms with Gasteiger partial charge in [0, 0.05) is 37.1 Å². The first-order chi connectivity index (χ1) is 13.6. The third kappa shape index (κ3) is 6.52. The van der Waals surface area contributed by atoms with E-state index in [0.717, 1.165) is 11.8 Å². The van der Waals surface area contributed by atoms with E-state index in [-0.39, 0.29) is 23.9 Å². The molecule has 2 aromatic rings. The summed E-state index contributed by atoms with van der Waals surface area (Å²) in [5.41, 5.74) is 1.20. The summed E-state index contributed by atoms with van der Waals surface area (Å²) in [6.45, 7) is 0.520. The number of halogens is 2. The lowest BCUT2D eigenvalue weighted by Crippen LogP contribution is -2.32. The molecule has 0 aliphatic carbocycles. The van der Waals surface area contributed by atoms with Crippen LogP contribution in [0.1, 0.15) is 18.4 Å². The molecule has 158 valence electrons. The topological polar surface area (TPSA) is 66.9 Å². The Hall–Kier alpha value is -1.96. The van der Waals surface area contributed by atoms with Crippen LogP contribution in [-0.4, -0.2) is 46.2 Å². The van der Waals surface area contributed by atoms with E-state index in [1.807, 2.05) is 24.3 Å². The van der Waals surface area contributed by atoms with Crippen LogP contribution in [0.3, 0.4) is 0 Å². The monoisotopic (exact) mass is 458 g/mol. The number of benzene rings is 2. The van der Waals surface area contributed by atoms with Gasteiger partial charge in [0.1, 0.15) is 5.75 Å². The van der Waals surface area contributed by atoms with Gasteiger partial charge in [0.2, 0.25) is 15.9 Å². The van der Waals surface area contributed by atoms with Gasteiger partial charge in [-0.05, 0) is 30.7 Å². The Bertz CT molecular complexity index is 967. The molecule has 0 aliphatic rings. The molecule has 0 fully saturated rings. The lowest BCUT2D eigenvalue weighted by atomic mass is 10.2. The van der Waals surface area contributed by atoms with Crippen LogP contribution < -0.4 is 9.04 Å². The van der Waals surface area contributed by atoms with E-state index >= 15 is 0 Å². The average Bonchev–Trinajstić information content (AvgIpc) is 2.66. The Morgan fingerprint density at radius 2 is 1.83 bits per heavy atom. The van der Waals surface area contributed by atoms with Crippen molar-refractivity contribution < 1.29 is 17.9 Å². The third-order valence-electron chi connectivity index (χ3n) is 4.35. The molecule has 0 radical (unpaired) electrons. The number of para-hydroxylation sites is 1. The molecule has 0 aliphatic heterocycles. The molecule has 0 bridgehead atoms. The lowest BCUT2D eigenvalue weighted by Gasteiger charge is -2.24. The first-order valence-electron chi connectivity index (χ1n) is 8.92. The van der Waals surface area contributed by atoms with E-state index in [9.17, 15) is 13.2 Å². The van der Waals surface area contributed by atoms with Gasteiger partial charge in [-0.1, -0.05) is 41.4 Å². The molecule has 0 heterocycles. The molecule has 6 nitrogen and oxygen atoms in total. The van der Waals surface area contributed by atoms with Crippen LogP contribution in [0.4, 0.5) is 5.69 Å². The second-order valence-electron chi connectivity index (χ2n) is 6.60. The Kier molecular flexibility index (Phi) is 8.19. The predicted octanol–water partition coefficient (Wildman–Crippen LogP) is 4.21. The molecule has 9 heteroatoms. The zero-order valence-electron chi connectivity index (χ0n) is 16.6. The Morgan fingerprint density at radius 3 is 2.48 bits per heavy atom. The van der Waals surface area contributed by atoms with Gasteiger partial charge in [-0.15, -0.1) is 0 Å². The number of anilines is 1. The van der Waals surface area contributed by atoms with Crippen molar-refractivity contribution in [1.29, 1.82) is 0 Å². The first kappa shape index (κ1) is 23.3. The Morgan fingerprint density at radius 1 is 1.14 bits per heavy atom. The highest BCUT2D eigenvalue weighted by atomic mass is 35.5. The van der Waals surface area contributed by atoms with Crippen molar-refractivity contribution in [3.05, 3.63) is 58.1 Å². The quantitative estimate of drug-likeness (QED) is 0.564. The number of hydrogen-bond acceptors (Lipinski definition) is 4. The number of methoxy groups -OCH3 is 1. The highest BCUT2D eigenvalue weighted by molar-refractivity contribution is 7.92. The van der Waals surface area contributed by atoms with E-state index in [0.29, 0.717) is 29.4 Å². The summed E-state index contributed by atoms with van der Waals surface area (Å²) in [6, 6.07) is 12.1. The van der Waals surface area contributed by atoms with Crippen molar-refractivity contribution in [2.24, 2.45) is 0 Å². The van der Waals surface area contributed by atoms with Crippen molar-refractivity contribution in [2.75, 3.05) is 31.3 Å². The summed E-state index contributed by atoms with van der Waals surface area (Å²) in [5.74, 6) is 0.618. The number of amides is 1. The Balaban J connectivity index is 2.02. The fraction of sp³-hybridized carbons (Fsp3) is 0.350. The highest BCUT2D eigenvalue weighted by Gasteiger charge is 2.21. The van der Waals surface area contributed by atoms with Gasteiger partial charge in [-0.2, -0.15) is 0 Å². The maximum Gasteiger partial charge on any atom is 0.232 e. The van der Waals surface area contributed by atoms with Crippen LogP contribution in [0.25, 0.3) is 0 Å². The van der Waals surface area contributed by atoms with E-state index in [2.05, 4.69) is 0 Å². The zero-order valence-corrected chi connectivity index (χ0v) is 18.9. The van der Waals surface area contributed by atoms with E-state index < -0.39 is 10.0 Å². The summed E-state index contributed by atoms with van der Waals surface area (Å²) in [6.07, 6.45) is 1.63. The number of nitrogens with zero attached hydrogens (tertiary/aromatic N) is 2. The van der Waals surface area contributed by atoms with Crippen molar-refractivity contribution in [3.63, 3.8) is 0 Å². The minimum Gasteiger partial charge on any atom is -0.496 e. The number of hydrogen-bond donors (Lipinski definition) is 0. The zero-order chi connectivity index (χ0) is 21.6. The predicted molar refractivity (Wildman–Crippen MR) is 117 cm³/mol. The van der Waals surface area contributed by atoms with Crippen molar-refractivity contribution in [2.45, 2.75) is 19.4 Å². The van der Waals surface area contributed by atoms with Crippen LogP contribution in [0.15, 0.2) is 42.5 Å². The lowest BCUT2D eigenvalue weighted by molar-refractivity contribution is -0.130. The van der Waals surface area contributed by atoms with Gasteiger partial charge in [0.15, 0.2) is 0 Å². The summed E-state index contributed by atoms with van der Waals surface area (Å²) in [7, 11) is -0.294. The van der Waals surface area contributed by atoms with E-state index in [1.165, 1.54) is 10.4 Å². The molecule has 0 aromatic heterocycles. The minimum atomic E-state index is -3.58. The molecule has 0 N–H and O–H groups in total. The van der Waals surface area contributed by atoms with Gasteiger partial charge >= 0.3 is 0 Å². The van der Waals surface area contributed by atoms with Crippen LogP contribution in [0, 0.1) is 0 Å². The van der Waals surface area contributed by atoms with Gasteiger partial charge in [0.05, 0.1) is 24.1 Å². The summed E-state index contributed by atoms with van der Waals surface area (Å²) >= 11 is 12.1. The molecule has 0 saturated carbocycles. The maximum atomic E-state index is 12.5. The number of rotatable bonds is 9. The first-order valence-corrected chi connectivity index (χ1v) is 11.5. The van der Waals surface area contributed by atoms with Gasteiger partial charge in [-0.25, -0.2) is 8.42 Å². The van der Waals surface area contributed by atoms with Gasteiger partial charge < -0.3 is 9.64 Å². The molecular weight excluding hydrogens is 435 g/mol. The molecule has 0 atom stereocenters. The van der Waals surface area contributed by atoms with Crippen molar-refractivity contribution in [3.8, 4) is 5.75 Å². The van der Waals surface area contributed by atoms with E-state index in [1.54, 1.807) is 31.2 Å². The molecule has 29 heavy (non-hydrogen) atoms. The van der Waals surface area contributed by atoms with Crippen molar-refractivity contribution in [1.82, 2.24) is 4.90 Å². The van der Waals surface area contributed by atoms with Crippen LogP contribution in [0.2, 0.25) is 10.0 Å². The molecular formula is C20H24Cl2N2O4S. The summed E-state index contributed by atoms with van der Waals surface area (Å²) in [4.78, 5) is 14.1. The molecule has 0 saturated heterocycles. The Labute approximate surface area is 182 Å². The smallest absolute Gasteiger partial charge is 0.232 e. The molecule has 2 rings (SSSR count). The largest absolute Gasteiger partial charge is 0.496 e. The SMILES string of the molecule is COc1ccccc1CN(C)C(=O)CCCN(c1cc(Cl)ccc1Cl)S(C)(=O)=O. The summed E-state index contributed by atoms with van der Waals surface area (Å²) < 4.78 is 30.9. The summed E-state index contributed by atoms with van der Waals surface area (Å²) in [5, 5.41) is 0.658. The van der Waals surface area contributed by atoms with Gasteiger partial charge in [0.25, 0.3) is 0 Å². The molecule has 0 unspecified atom stereocenters. The number of sulfonamides is 1. The highest BCUT2D eigenvalue weighted by Crippen LogP contribution is 2.31. The van der Waals surface area contributed by atoms with Crippen LogP contribution >= 0.6 is 23.2 Å². The molecule has 1 amide bonds. The number of ether oxygens (including phenoxy) is 1. The third-order valence-corrected chi connectivity index (χ3v) is 6.09. The van der Waals surface area contributed by atoms with Crippen LogP contribution in [0.5, 0.6) is 5.75 Å². The van der Waals surface area contributed by atoms with Crippen molar-refractivity contribution >= 4 is 44.8 Å². The number of carbonyl (C=O) groups is 1. The fourth-order valence-corrected chi connectivity index (χ4v) is 4.29. The van der Waals surface area contributed by atoms with Crippen LogP contribution in [-0.2, 0) is 21.4 Å². The van der Waals surface area contributed by atoms with Gasteiger partial charge in [-0.3, -0.25) is 9.10 Å². The molecule has 0 spiro atoms. The van der Waals surface area contributed by atoms with E-state index in [4.69, 9.17) is 27.9 Å². The fourth-order valence-electron chi connectivity index (χ4n) is 2.88. The molecule has 2 aromatic carbocycles. The normalized spacial score (nSPS) is 11.2. The standard InChI is InChI=1S/C20H24Cl2N2O4S/c1-23(14-15-7-4-5-8-19(15)28-2)20(25)9-6-12-24(29(3,26)27)18-13-16(21)10-11-17(18)22/h4-5,7-8,10-11,13H,6,9,12,14H2,1-3H3.